The Kier molecular flexibility index (Phi) is 7.52. The summed E-state index contributed by atoms with van der Waals surface area (Å²) < 4.78 is 6.60. The molecule has 1 spiro atoms. The van der Waals surface area contributed by atoms with Crippen LogP contribution in [0.4, 0.5) is 17.1 Å². The number of hydrogen-bond acceptors (Lipinski definition) is 2. The molecule has 0 radical (unpaired) electrons. The molecule has 2 heteroatoms. The van der Waals surface area contributed by atoms with Crippen molar-refractivity contribution in [2.45, 2.75) is 24.7 Å². The van der Waals surface area contributed by atoms with Crippen molar-refractivity contribution in [3.8, 4) is 56.0 Å². The number of fused-ring (bicyclic) bond motifs is 12. The third-order valence-electron chi connectivity index (χ3n) is 13.3. The van der Waals surface area contributed by atoms with E-state index in [4.69, 9.17) is 4.74 Å². The van der Waals surface area contributed by atoms with Gasteiger partial charge in [0, 0.05) is 33.6 Å². The number of anilines is 3. The molecule has 60 heavy (non-hydrogen) atoms. The fraction of sp³-hybridized carbons (Fsp3) is 0.0690. The zero-order valence-electron chi connectivity index (χ0n) is 33.6. The monoisotopic (exact) mass is 767 g/mol. The van der Waals surface area contributed by atoms with Crippen LogP contribution in [-0.2, 0) is 10.8 Å². The van der Waals surface area contributed by atoms with Crippen LogP contribution in [0.15, 0.2) is 212 Å². The number of para-hydroxylation sites is 2. The number of rotatable bonds is 5. The summed E-state index contributed by atoms with van der Waals surface area (Å²) in [5, 5.41) is 0. The second-order valence-electron chi connectivity index (χ2n) is 16.8. The first-order chi connectivity index (χ1) is 29.5. The van der Waals surface area contributed by atoms with Crippen molar-refractivity contribution in [3.05, 3.63) is 246 Å². The van der Waals surface area contributed by atoms with Crippen LogP contribution in [0.3, 0.4) is 0 Å². The number of ether oxygens (including phenoxy) is 1. The molecule has 1 heterocycles. The predicted octanol–water partition coefficient (Wildman–Crippen LogP) is 15.3. The minimum absolute atomic E-state index is 0.0536. The second kappa shape index (κ2) is 13.0. The van der Waals surface area contributed by atoms with E-state index in [2.05, 4.69) is 231 Å². The van der Waals surface area contributed by atoms with Gasteiger partial charge >= 0.3 is 0 Å². The van der Waals surface area contributed by atoms with E-state index in [1.807, 2.05) is 0 Å². The molecule has 9 aromatic carbocycles. The van der Waals surface area contributed by atoms with Gasteiger partial charge in [0.2, 0.25) is 0 Å². The minimum atomic E-state index is -0.513. The Balaban J connectivity index is 1.02. The first-order valence-electron chi connectivity index (χ1n) is 20.9. The van der Waals surface area contributed by atoms with Crippen molar-refractivity contribution in [3.63, 3.8) is 0 Å². The van der Waals surface area contributed by atoms with E-state index < -0.39 is 5.41 Å². The van der Waals surface area contributed by atoms with Gasteiger partial charge in [-0.25, -0.2) is 0 Å². The van der Waals surface area contributed by atoms with E-state index in [1.54, 1.807) is 0 Å². The Labute approximate surface area is 351 Å². The number of benzene rings is 9. The quantitative estimate of drug-likeness (QED) is 0.173. The molecule has 0 saturated carbocycles. The lowest BCUT2D eigenvalue weighted by Gasteiger charge is -2.39. The topological polar surface area (TPSA) is 12.5 Å². The average molecular weight is 768 g/mol. The van der Waals surface area contributed by atoms with Gasteiger partial charge in [0.25, 0.3) is 0 Å². The summed E-state index contributed by atoms with van der Waals surface area (Å²) in [5.74, 6) is 1.80. The molecule has 0 amide bonds. The number of hydrogen-bond donors (Lipinski definition) is 0. The standard InChI is InChI=1S/C58H41NO/c1-57(2)49-21-8-6-19-45(49)47-33-29-41(36-54(47)57)39-27-30-42(31-28-39)59(43-18-14-17-40(35-43)38-15-4-3-5-16-38)44-32-34-51-48(37-44)46-20-7-9-22-50(46)58(51)52-23-10-12-25-55(52)60-56-26-13-11-24-53(56)58/h3-37H,1-2H3. The molecule has 0 unspecified atom stereocenters. The number of nitrogens with zero attached hydrogens (tertiary/aromatic N) is 1. The lowest BCUT2D eigenvalue weighted by molar-refractivity contribution is 0.436. The van der Waals surface area contributed by atoms with E-state index in [9.17, 15) is 0 Å². The van der Waals surface area contributed by atoms with Crippen LogP contribution in [-0.4, -0.2) is 0 Å². The molecular formula is C58H41NO. The highest BCUT2D eigenvalue weighted by atomic mass is 16.5. The van der Waals surface area contributed by atoms with E-state index in [-0.39, 0.29) is 5.41 Å². The Morgan fingerprint density at radius 2 is 0.817 bits per heavy atom. The Morgan fingerprint density at radius 3 is 1.55 bits per heavy atom. The predicted molar refractivity (Wildman–Crippen MR) is 247 cm³/mol. The fourth-order valence-corrected chi connectivity index (χ4v) is 10.6. The molecule has 2 aliphatic carbocycles. The highest BCUT2D eigenvalue weighted by molar-refractivity contribution is 5.92. The Bertz CT molecular complexity index is 3110. The van der Waals surface area contributed by atoms with Gasteiger partial charge < -0.3 is 9.64 Å². The molecule has 2 nitrogen and oxygen atoms in total. The first-order valence-corrected chi connectivity index (χ1v) is 20.9. The molecule has 0 saturated heterocycles. The fourth-order valence-electron chi connectivity index (χ4n) is 10.6. The normalized spacial score (nSPS) is 14.2. The Hall–Kier alpha value is -7.42. The summed E-state index contributed by atoms with van der Waals surface area (Å²) in [6, 6.07) is 77.8. The molecule has 1 aliphatic heterocycles. The summed E-state index contributed by atoms with van der Waals surface area (Å²) in [6.07, 6.45) is 0. The van der Waals surface area contributed by atoms with Crippen LogP contribution in [0.2, 0.25) is 0 Å². The van der Waals surface area contributed by atoms with Crippen LogP contribution in [0, 0.1) is 0 Å². The van der Waals surface area contributed by atoms with Gasteiger partial charge in [-0.2, -0.15) is 0 Å². The third kappa shape index (κ3) is 4.94. The summed E-state index contributed by atoms with van der Waals surface area (Å²) in [6.45, 7) is 4.70. The summed E-state index contributed by atoms with van der Waals surface area (Å²) in [4.78, 5) is 2.42. The van der Waals surface area contributed by atoms with Gasteiger partial charge in [0.15, 0.2) is 0 Å². The lowest BCUT2D eigenvalue weighted by atomic mass is 9.66. The average Bonchev–Trinajstić information content (AvgIpc) is 3.72. The zero-order chi connectivity index (χ0) is 40.0. The molecule has 284 valence electrons. The van der Waals surface area contributed by atoms with E-state index >= 15 is 0 Å². The van der Waals surface area contributed by atoms with Crippen molar-refractivity contribution >= 4 is 17.1 Å². The van der Waals surface area contributed by atoms with Crippen LogP contribution < -0.4 is 9.64 Å². The van der Waals surface area contributed by atoms with Crippen molar-refractivity contribution in [1.82, 2.24) is 0 Å². The largest absolute Gasteiger partial charge is 0.457 e. The third-order valence-corrected chi connectivity index (χ3v) is 13.3. The van der Waals surface area contributed by atoms with Crippen LogP contribution in [0.25, 0.3) is 44.5 Å². The summed E-state index contributed by atoms with van der Waals surface area (Å²) >= 11 is 0. The van der Waals surface area contributed by atoms with Gasteiger partial charge in [-0.05, 0) is 121 Å². The van der Waals surface area contributed by atoms with Crippen LogP contribution >= 0.6 is 0 Å². The molecule has 0 atom stereocenters. The second-order valence-corrected chi connectivity index (χ2v) is 16.8. The van der Waals surface area contributed by atoms with Gasteiger partial charge in [-0.1, -0.05) is 172 Å². The summed E-state index contributed by atoms with van der Waals surface area (Å²) in [5.41, 5.74) is 20.4. The van der Waals surface area contributed by atoms with Gasteiger partial charge in [0.1, 0.15) is 11.5 Å². The van der Waals surface area contributed by atoms with Crippen molar-refractivity contribution < 1.29 is 4.74 Å². The SMILES string of the molecule is CC1(C)c2ccccc2-c2ccc(-c3ccc(N(c4cccc(-c5ccccc5)c4)c4ccc5c(c4)-c4ccccc4C54c5ccccc5Oc5ccccc54)cc3)cc21. The highest BCUT2D eigenvalue weighted by Gasteiger charge is 2.51. The summed E-state index contributed by atoms with van der Waals surface area (Å²) in [7, 11) is 0. The maximum Gasteiger partial charge on any atom is 0.132 e. The van der Waals surface area contributed by atoms with Crippen molar-refractivity contribution in [1.29, 1.82) is 0 Å². The maximum atomic E-state index is 6.60. The molecule has 0 aromatic heterocycles. The molecular weight excluding hydrogens is 727 g/mol. The van der Waals surface area contributed by atoms with Gasteiger partial charge in [0.05, 0.1) is 5.41 Å². The molecule has 3 aliphatic rings. The molecule has 0 N–H and O–H groups in total. The first kappa shape index (κ1) is 34.6. The van der Waals surface area contributed by atoms with Crippen molar-refractivity contribution in [2.24, 2.45) is 0 Å². The van der Waals surface area contributed by atoms with Gasteiger partial charge in [-0.3, -0.25) is 0 Å². The van der Waals surface area contributed by atoms with E-state index in [0.29, 0.717) is 0 Å². The molecule has 12 rings (SSSR count). The van der Waals surface area contributed by atoms with Crippen LogP contribution in [0.1, 0.15) is 47.2 Å². The maximum absolute atomic E-state index is 6.60. The minimum Gasteiger partial charge on any atom is -0.457 e. The molecule has 0 fully saturated rings. The molecule has 9 aromatic rings. The van der Waals surface area contributed by atoms with E-state index in [1.165, 1.54) is 77.9 Å². The highest BCUT2D eigenvalue weighted by Crippen LogP contribution is 2.62. The van der Waals surface area contributed by atoms with Gasteiger partial charge in [-0.15, -0.1) is 0 Å². The Morgan fingerprint density at radius 1 is 0.317 bits per heavy atom. The van der Waals surface area contributed by atoms with E-state index in [0.717, 1.165) is 28.6 Å². The lowest BCUT2D eigenvalue weighted by Crippen LogP contribution is -2.32. The van der Waals surface area contributed by atoms with Crippen molar-refractivity contribution in [2.75, 3.05) is 4.90 Å². The zero-order valence-corrected chi connectivity index (χ0v) is 33.6. The smallest absolute Gasteiger partial charge is 0.132 e. The molecule has 0 bridgehead atoms. The van der Waals surface area contributed by atoms with Crippen LogP contribution in [0.5, 0.6) is 11.5 Å².